The molecule has 3 nitrogen and oxygen atoms in total. The number of piperidine rings is 1. The lowest BCUT2D eigenvalue weighted by atomic mass is 9.79. The van der Waals surface area contributed by atoms with Crippen molar-refractivity contribution in [1.82, 2.24) is 9.47 Å². The fourth-order valence-electron chi connectivity index (χ4n) is 5.40. The van der Waals surface area contributed by atoms with Gasteiger partial charge in [0.2, 0.25) is 0 Å². The predicted molar refractivity (Wildman–Crippen MR) is 110 cm³/mol. The first-order chi connectivity index (χ1) is 12.7. The summed E-state index contributed by atoms with van der Waals surface area (Å²) in [5, 5.41) is 1.34. The van der Waals surface area contributed by atoms with Gasteiger partial charge in [0.1, 0.15) is 0 Å². The van der Waals surface area contributed by atoms with Crippen LogP contribution in [0, 0.1) is 11.8 Å². The van der Waals surface area contributed by atoms with Gasteiger partial charge in [0.15, 0.2) is 0 Å². The first kappa shape index (κ1) is 18.1. The molecule has 1 saturated carbocycles. The summed E-state index contributed by atoms with van der Waals surface area (Å²) in [6.07, 6.45) is 10.6. The highest BCUT2D eigenvalue weighted by molar-refractivity contribution is 5.84. The zero-order valence-corrected chi connectivity index (χ0v) is 16.5. The molecule has 0 atom stereocenters. The largest absolute Gasteiger partial charge is 0.344 e. The van der Waals surface area contributed by atoms with Crippen molar-refractivity contribution < 1.29 is 0 Å². The van der Waals surface area contributed by atoms with Gasteiger partial charge in [0.25, 0.3) is 0 Å². The molecule has 2 N–H and O–H groups in total. The van der Waals surface area contributed by atoms with Crippen LogP contribution in [0.2, 0.25) is 0 Å². The van der Waals surface area contributed by atoms with E-state index in [-0.39, 0.29) is 0 Å². The Balaban J connectivity index is 1.40. The van der Waals surface area contributed by atoms with E-state index in [1.165, 1.54) is 68.1 Å². The van der Waals surface area contributed by atoms with Gasteiger partial charge in [0, 0.05) is 48.8 Å². The third-order valence-corrected chi connectivity index (χ3v) is 7.14. The minimum Gasteiger partial charge on any atom is -0.344 e. The minimum atomic E-state index is 0.628. The fraction of sp³-hybridized carbons (Fsp3) is 0.652. The average Bonchev–Trinajstić information content (AvgIpc) is 3.07. The van der Waals surface area contributed by atoms with Gasteiger partial charge in [-0.15, -0.1) is 0 Å². The van der Waals surface area contributed by atoms with Crippen LogP contribution in [0.3, 0.4) is 0 Å². The van der Waals surface area contributed by atoms with Crippen molar-refractivity contribution in [3.63, 3.8) is 0 Å². The molecule has 0 bridgehead atoms. The monoisotopic (exact) mass is 353 g/mol. The van der Waals surface area contributed by atoms with Gasteiger partial charge in [-0.3, -0.25) is 0 Å². The van der Waals surface area contributed by atoms with Crippen LogP contribution >= 0.6 is 0 Å². The molecule has 0 unspecified atom stereocenters. The molecule has 2 heterocycles. The molecule has 2 aromatic rings. The molecule has 0 spiro atoms. The molecule has 26 heavy (non-hydrogen) atoms. The number of likely N-dealkylation sites (tertiary alicyclic amines) is 1. The maximum absolute atomic E-state index is 5.99. The second-order valence-corrected chi connectivity index (χ2v) is 8.86. The van der Waals surface area contributed by atoms with Crippen LogP contribution in [0.25, 0.3) is 10.9 Å². The number of benzene rings is 1. The Hall–Kier alpha value is -1.32. The molecule has 1 aliphatic heterocycles. The van der Waals surface area contributed by atoms with Gasteiger partial charge in [0.05, 0.1) is 0 Å². The van der Waals surface area contributed by atoms with Gasteiger partial charge in [-0.25, -0.2) is 0 Å². The van der Waals surface area contributed by atoms with Crippen LogP contribution in [0.4, 0.5) is 0 Å². The van der Waals surface area contributed by atoms with Gasteiger partial charge >= 0.3 is 0 Å². The Labute approximate surface area is 158 Å². The lowest BCUT2D eigenvalue weighted by Gasteiger charge is -2.42. The Morgan fingerprint density at radius 1 is 0.962 bits per heavy atom. The van der Waals surface area contributed by atoms with Crippen molar-refractivity contribution >= 4 is 10.9 Å². The molecule has 1 aliphatic carbocycles. The molecule has 2 aliphatic rings. The molecule has 0 radical (unpaired) electrons. The van der Waals surface area contributed by atoms with E-state index in [1.54, 1.807) is 0 Å². The summed E-state index contributed by atoms with van der Waals surface area (Å²) in [7, 11) is 0. The Bertz CT molecular complexity index is 716. The van der Waals surface area contributed by atoms with Crippen molar-refractivity contribution in [3.8, 4) is 0 Å². The summed E-state index contributed by atoms with van der Waals surface area (Å²) < 4.78 is 2.52. The van der Waals surface area contributed by atoms with Gasteiger partial charge in [-0.2, -0.15) is 0 Å². The Kier molecular flexibility index (Phi) is 5.37. The van der Waals surface area contributed by atoms with Crippen LogP contribution in [0.5, 0.6) is 0 Å². The summed E-state index contributed by atoms with van der Waals surface area (Å²) in [6.45, 7) is 7.94. The van der Waals surface area contributed by atoms with E-state index >= 15 is 0 Å². The quantitative estimate of drug-likeness (QED) is 0.843. The molecule has 2 fully saturated rings. The number of hydrogen-bond donors (Lipinski definition) is 1. The van der Waals surface area contributed by atoms with Crippen molar-refractivity contribution in [2.45, 2.75) is 71.0 Å². The molecule has 142 valence electrons. The minimum absolute atomic E-state index is 0.628. The van der Waals surface area contributed by atoms with E-state index < -0.39 is 0 Å². The smallest absolute Gasteiger partial charge is 0.0486 e. The number of fused-ring (bicyclic) bond motifs is 1. The number of nitrogens with zero attached hydrogens (tertiary/aromatic N) is 2. The van der Waals surface area contributed by atoms with Crippen LogP contribution in [0.1, 0.15) is 64.0 Å². The normalized spacial score (nSPS) is 26.0. The van der Waals surface area contributed by atoms with Gasteiger partial charge in [-0.05, 0) is 62.0 Å². The number of aromatic nitrogens is 1. The first-order valence-electron chi connectivity index (χ1n) is 10.7. The molecule has 4 rings (SSSR count). The zero-order valence-electron chi connectivity index (χ0n) is 16.5. The topological polar surface area (TPSA) is 34.2 Å². The van der Waals surface area contributed by atoms with Crippen LogP contribution < -0.4 is 5.73 Å². The highest BCUT2D eigenvalue weighted by Crippen LogP contribution is 2.35. The van der Waals surface area contributed by atoms with E-state index in [2.05, 4.69) is 53.8 Å². The maximum Gasteiger partial charge on any atom is 0.0486 e. The average molecular weight is 354 g/mol. The zero-order chi connectivity index (χ0) is 18.1. The lowest BCUT2D eigenvalue weighted by molar-refractivity contribution is 0.0894. The van der Waals surface area contributed by atoms with E-state index in [0.29, 0.717) is 12.6 Å². The van der Waals surface area contributed by atoms with Gasteiger partial charge in [-0.1, -0.05) is 32.0 Å². The second kappa shape index (κ2) is 7.74. The SMILES string of the molecule is CC(C)[C@H]1CC[C@@H](N2CCC(n3cc(CN)c4ccccc43)CC2)CC1. The fourth-order valence-corrected chi connectivity index (χ4v) is 5.40. The van der Waals surface area contributed by atoms with E-state index in [1.807, 2.05) is 0 Å². The molecule has 3 heteroatoms. The number of rotatable bonds is 4. The first-order valence-corrected chi connectivity index (χ1v) is 10.7. The van der Waals surface area contributed by atoms with Crippen LogP contribution in [0.15, 0.2) is 30.5 Å². The summed E-state index contributed by atoms with van der Waals surface area (Å²) in [6, 6.07) is 10.2. The van der Waals surface area contributed by atoms with E-state index in [9.17, 15) is 0 Å². The highest BCUT2D eigenvalue weighted by Gasteiger charge is 2.30. The molecule has 1 saturated heterocycles. The molecule has 1 aromatic carbocycles. The number of nitrogens with two attached hydrogens (primary N) is 1. The summed E-state index contributed by atoms with van der Waals surface area (Å²) in [5.74, 6) is 1.82. The summed E-state index contributed by atoms with van der Waals surface area (Å²) in [5.41, 5.74) is 8.64. The third-order valence-electron chi connectivity index (χ3n) is 7.14. The Morgan fingerprint density at radius 3 is 2.31 bits per heavy atom. The van der Waals surface area contributed by atoms with Crippen molar-refractivity contribution in [2.75, 3.05) is 13.1 Å². The molecule has 1 aromatic heterocycles. The predicted octanol–water partition coefficient (Wildman–Crippen LogP) is 4.95. The van der Waals surface area contributed by atoms with Gasteiger partial charge < -0.3 is 15.2 Å². The number of para-hydroxylation sites is 1. The van der Waals surface area contributed by atoms with E-state index in [4.69, 9.17) is 5.73 Å². The number of hydrogen-bond acceptors (Lipinski definition) is 2. The molecule has 0 amide bonds. The van der Waals surface area contributed by atoms with Crippen molar-refractivity contribution in [1.29, 1.82) is 0 Å². The lowest BCUT2D eigenvalue weighted by Crippen LogP contribution is -2.43. The standard InChI is InChI=1S/C23H35N3/c1-17(2)18-7-9-20(10-8-18)25-13-11-21(12-14-25)26-16-19(15-24)22-5-3-4-6-23(22)26/h3-6,16-18,20-21H,7-15,24H2,1-2H3/t18-,20+. The van der Waals surface area contributed by atoms with Crippen LogP contribution in [-0.2, 0) is 6.54 Å². The van der Waals surface area contributed by atoms with Crippen LogP contribution in [-0.4, -0.2) is 28.6 Å². The summed E-state index contributed by atoms with van der Waals surface area (Å²) >= 11 is 0. The van der Waals surface area contributed by atoms with E-state index in [0.717, 1.165) is 17.9 Å². The Morgan fingerprint density at radius 2 is 1.65 bits per heavy atom. The second-order valence-electron chi connectivity index (χ2n) is 8.86. The maximum atomic E-state index is 5.99. The van der Waals surface area contributed by atoms with Crippen molar-refractivity contribution in [3.05, 3.63) is 36.0 Å². The highest BCUT2D eigenvalue weighted by atomic mass is 15.2. The van der Waals surface area contributed by atoms with Crippen molar-refractivity contribution in [2.24, 2.45) is 17.6 Å². The molecular formula is C23H35N3. The molecular weight excluding hydrogens is 318 g/mol. The summed E-state index contributed by atoms with van der Waals surface area (Å²) in [4.78, 5) is 2.79. The third kappa shape index (κ3) is 3.44.